The molecule has 0 spiro atoms. The zero-order chi connectivity index (χ0) is 18.7. The summed E-state index contributed by atoms with van der Waals surface area (Å²) in [5, 5.41) is 4.19. The van der Waals surface area contributed by atoms with Gasteiger partial charge < -0.3 is 9.64 Å². The highest BCUT2D eigenvalue weighted by Crippen LogP contribution is 2.30. The number of hydrogen-bond acceptors (Lipinski definition) is 3. The van der Waals surface area contributed by atoms with E-state index in [0.29, 0.717) is 18.7 Å². The van der Waals surface area contributed by atoms with Crippen molar-refractivity contribution in [3.8, 4) is 0 Å². The maximum absolute atomic E-state index is 12.8. The number of halogens is 3. The summed E-state index contributed by atoms with van der Waals surface area (Å²) in [6.45, 7) is 4.23. The van der Waals surface area contributed by atoms with Crippen molar-refractivity contribution < 1.29 is 22.7 Å². The Morgan fingerprint density at radius 3 is 2.81 bits per heavy atom. The molecule has 2 aromatic rings. The third kappa shape index (κ3) is 3.96. The summed E-state index contributed by atoms with van der Waals surface area (Å²) in [5.74, 6) is -0.215. The van der Waals surface area contributed by atoms with E-state index in [-0.39, 0.29) is 24.7 Å². The van der Waals surface area contributed by atoms with Crippen LogP contribution in [0.3, 0.4) is 0 Å². The Labute approximate surface area is 148 Å². The second-order valence-corrected chi connectivity index (χ2v) is 6.05. The molecule has 1 aliphatic heterocycles. The molecule has 3 rings (SSSR count). The molecule has 1 saturated heterocycles. The Hall–Kier alpha value is -2.61. The molecule has 8 heteroatoms. The molecule has 0 N–H and O–H groups in total. The third-order valence-electron chi connectivity index (χ3n) is 4.31. The van der Waals surface area contributed by atoms with Crippen LogP contribution >= 0.6 is 0 Å². The van der Waals surface area contributed by atoms with Crippen LogP contribution in [0.1, 0.15) is 17.2 Å². The van der Waals surface area contributed by atoms with Gasteiger partial charge in [-0.25, -0.2) is 0 Å². The number of rotatable bonds is 5. The zero-order valence-electron chi connectivity index (χ0n) is 13.9. The lowest BCUT2D eigenvalue weighted by molar-refractivity contribution is -0.137. The van der Waals surface area contributed by atoms with Crippen LogP contribution in [0, 0.1) is 0 Å². The lowest BCUT2D eigenvalue weighted by Gasteiger charge is -2.19. The van der Waals surface area contributed by atoms with E-state index in [1.807, 2.05) is 0 Å². The number of alkyl halides is 3. The molecule has 138 valence electrons. The molecular weight excluding hydrogens is 347 g/mol. The van der Waals surface area contributed by atoms with Gasteiger partial charge in [0, 0.05) is 25.5 Å². The van der Waals surface area contributed by atoms with Crippen LogP contribution in [0.5, 0.6) is 0 Å². The van der Waals surface area contributed by atoms with E-state index in [2.05, 4.69) is 11.7 Å². The molecule has 0 saturated carbocycles. The normalized spacial score (nSPS) is 20.3. The van der Waals surface area contributed by atoms with Crippen molar-refractivity contribution in [3.63, 3.8) is 0 Å². The van der Waals surface area contributed by atoms with Crippen LogP contribution in [0.4, 0.5) is 13.2 Å². The standard InChI is InChI=1S/C18H18F3N3O2/c1-2-17(25)23-10-15(24-8-4-7-22-24)16(11-23)26-12-13-5-3-6-14(9-13)18(19,20)21/h2-9,15-16H,1,10-12H2. The molecule has 0 radical (unpaired) electrons. The molecule has 2 unspecified atom stereocenters. The Morgan fingerprint density at radius 2 is 2.15 bits per heavy atom. The van der Waals surface area contributed by atoms with Gasteiger partial charge in [0.15, 0.2) is 0 Å². The molecule has 1 fully saturated rings. The van der Waals surface area contributed by atoms with Crippen LogP contribution in [0.25, 0.3) is 0 Å². The third-order valence-corrected chi connectivity index (χ3v) is 4.31. The molecule has 0 bridgehead atoms. The van der Waals surface area contributed by atoms with Crippen molar-refractivity contribution in [3.05, 3.63) is 66.5 Å². The van der Waals surface area contributed by atoms with Crippen molar-refractivity contribution in [1.29, 1.82) is 0 Å². The number of carbonyl (C=O) groups is 1. The number of ether oxygens (including phenoxy) is 1. The van der Waals surface area contributed by atoms with E-state index in [1.54, 1.807) is 34.1 Å². The first-order valence-electron chi connectivity index (χ1n) is 8.06. The molecule has 1 amide bonds. The predicted molar refractivity (Wildman–Crippen MR) is 88.1 cm³/mol. The summed E-state index contributed by atoms with van der Waals surface area (Å²) >= 11 is 0. The first-order chi connectivity index (χ1) is 12.4. The van der Waals surface area contributed by atoms with Crippen molar-refractivity contribution in [2.75, 3.05) is 13.1 Å². The van der Waals surface area contributed by atoms with Gasteiger partial charge in [-0.2, -0.15) is 18.3 Å². The van der Waals surface area contributed by atoms with Crippen molar-refractivity contribution >= 4 is 5.91 Å². The summed E-state index contributed by atoms with van der Waals surface area (Å²) < 4.78 is 46.1. The Bertz CT molecular complexity index is 774. The van der Waals surface area contributed by atoms with Crippen LogP contribution in [-0.4, -0.2) is 39.8 Å². The highest BCUT2D eigenvalue weighted by atomic mass is 19.4. The number of hydrogen-bond donors (Lipinski definition) is 0. The minimum Gasteiger partial charge on any atom is -0.369 e. The van der Waals surface area contributed by atoms with E-state index in [4.69, 9.17) is 4.74 Å². The number of amides is 1. The van der Waals surface area contributed by atoms with Crippen molar-refractivity contribution in [2.24, 2.45) is 0 Å². The van der Waals surface area contributed by atoms with Crippen LogP contribution in [0.2, 0.25) is 0 Å². The molecular formula is C18H18F3N3O2. The summed E-state index contributed by atoms with van der Waals surface area (Å²) in [4.78, 5) is 13.5. The summed E-state index contributed by atoms with van der Waals surface area (Å²) in [6, 6.07) is 6.59. The lowest BCUT2D eigenvalue weighted by Crippen LogP contribution is -2.28. The first-order valence-corrected chi connectivity index (χ1v) is 8.06. The van der Waals surface area contributed by atoms with E-state index in [1.165, 1.54) is 12.1 Å². The topological polar surface area (TPSA) is 47.4 Å². The molecule has 2 atom stereocenters. The van der Waals surface area contributed by atoms with Gasteiger partial charge in [-0.15, -0.1) is 0 Å². The van der Waals surface area contributed by atoms with Crippen molar-refractivity contribution in [1.82, 2.24) is 14.7 Å². The van der Waals surface area contributed by atoms with Gasteiger partial charge in [0.05, 0.1) is 24.3 Å². The largest absolute Gasteiger partial charge is 0.416 e. The smallest absolute Gasteiger partial charge is 0.369 e. The Morgan fingerprint density at radius 1 is 1.35 bits per heavy atom. The second-order valence-electron chi connectivity index (χ2n) is 6.05. The second kappa shape index (κ2) is 7.33. The van der Waals surface area contributed by atoms with E-state index in [9.17, 15) is 18.0 Å². The average molecular weight is 365 g/mol. The molecule has 1 aromatic carbocycles. The molecule has 2 heterocycles. The van der Waals surface area contributed by atoms with Crippen LogP contribution in [0.15, 0.2) is 55.4 Å². The average Bonchev–Trinajstić information content (AvgIpc) is 3.28. The van der Waals surface area contributed by atoms with E-state index in [0.717, 1.165) is 12.1 Å². The number of nitrogens with zero attached hydrogens (tertiary/aromatic N) is 3. The van der Waals surface area contributed by atoms with Gasteiger partial charge in [-0.05, 0) is 29.8 Å². The Kier molecular flexibility index (Phi) is 5.13. The minimum absolute atomic E-state index is 0.0163. The summed E-state index contributed by atoms with van der Waals surface area (Å²) in [5.41, 5.74) is -0.287. The van der Waals surface area contributed by atoms with Gasteiger partial charge in [-0.3, -0.25) is 9.48 Å². The van der Waals surface area contributed by atoms with Gasteiger partial charge >= 0.3 is 6.18 Å². The predicted octanol–water partition coefficient (Wildman–Crippen LogP) is 3.06. The van der Waals surface area contributed by atoms with E-state index < -0.39 is 11.7 Å². The summed E-state index contributed by atoms with van der Waals surface area (Å²) in [7, 11) is 0. The quantitative estimate of drug-likeness (QED) is 0.765. The number of benzene rings is 1. The van der Waals surface area contributed by atoms with Crippen LogP contribution < -0.4 is 0 Å². The molecule has 1 aliphatic rings. The SMILES string of the molecule is C=CC(=O)N1CC(OCc2cccc(C(F)(F)F)c2)C(n2cccn2)C1. The van der Waals surface area contributed by atoms with Gasteiger partial charge in [-0.1, -0.05) is 18.7 Å². The number of likely N-dealkylation sites (tertiary alicyclic amines) is 1. The van der Waals surface area contributed by atoms with E-state index >= 15 is 0 Å². The van der Waals surface area contributed by atoms with Crippen molar-refractivity contribution in [2.45, 2.75) is 24.9 Å². The van der Waals surface area contributed by atoms with Gasteiger partial charge in [0.1, 0.15) is 0 Å². The molecule has 0 aliphatic carbocycles. The molecule has 5 nitrogen and oxygen atoms in total. The maximum atomic E-state index is 12.8. The van der Waals surface area contributed by atoms with Crippen LogP contribution in [-0.2, 0) is 22.3 Å². The Balaban J connectivity index is 1.72. The lowest BCUT2D eigenvalue weighted by atomic mass is 10.1. The molecule has 26 heavy (non-hydrogen) atoms. The number of aromatic nitrogens is 2. The zero-order valence-corrected chi connectivity index (χ0v) is 13.9. The monoisotopic (exact) mass is 365 g/mol. The highest BCUT2D eigenvalue weighted by molar-refractivity contribution is 5.87. The van der Waals surface area contributed by atoms with Gasteiger partial charge in [0.2, 0.25) is 5.91 Å². The fraction of sp³-hybridized carbons (Fsp3) is 0.333. The first kappa shape index (κ1) is 18.2. The molecule has 1 aromatic heterocycles. The van der Waals surface area contributed by atoms with Gasteiger partial charge in [0.25, 0.3) is 0 Å². The fourth-order valence-electron chi connectivity index (χ4n) is 3.00. The fourth-order valence-corrected chi connectivity index (χ4v) is 3.00. The summed E-state index contributed by atoms with van der Waals surface area (Å²) in [6.07, 6.45) is -0.147. The maximum Gasteiger partial charge on any atom is 0.416 e. The highest BCUT2D eigenvalue weighted by Gasteiger charge is 2.37. The minimum atomic E-state index is -4.39. The number of carbonyl (C=O) groups excluding carboxylic acids is 1.